The van der Waals surface area contributed by atoms with Crippen LogP contribution in [0.25, 0.3) is 0 Å². The smallest absolute Gasteiger partial charge is 0.337 e. The van der Waals surface area contributed by atoms with Crippen molar-refractivity contribution in [3.05, 3.63) is 35.4 Å². The van der Waals surface area contributed by atoms with Crippen molar-refractivity contribution in [1.29, 1.82) is 0 Å². The van der Waals surface area contributed by atoms with Crippen LogP contribution in [0.5, 0.6) is 0 Å². The number of carbonyl (C=O) groups excluding carboxylic acids is 1. The van der Waals surface area contributed by atoms with E-state index >= 15 is 0 Å². The largest absolute Gasteiger partial charge is 0.465 e. The van der Waals surface area contributed by atoms with Crippen molar-refractivity contribution in [3.8, 4) is 0 Å². The van der Waals surface area contributed by atoms with E-state index in [1.54, 1.807) is 6.07 Å². The van der Waals surface area contributed by atoms with Gasteiger partial charge in [-0.25, -0.2) is 4.79 Å². The van der Waals surface area contributed by atoms with E-state index in [2.05, 4.69) is 0 Å². The number of fused-ring (bicyclic) bond motifs is 1. The second-order valence-electron chi connectivity index (χ2n) is 4.39. The average molecular weight is 234 g/mol. The SMILES string of the molecule is COC(=O)c1cccc(C23CCOCC2O3)c1. The first-order chi connectivity index (χ1) is 8.26. The molecule has 4 nitrogen and oxygen atoms in total. The van der Waals surface area contributed by atoms with E-state index in [9.17, 15) is 4.79 Å². The minimum atomic E-state index is -0.312. The lowest BCUT2D eigenvalue weighted by atomic mass is 9.90. The molecule has 0 spiro atoms. The molecule has 1 aromatic carbocycles. The summed E-state index contributed by atoms with van der Waals surface area (Å²) in [5.41, 5.74) is 1.40. The van der Waals surface area contributed by atoms with Crippen molar-refractivity contribution in [3.63, 3.8) is 0 Å². The fourth-order valence-electron chi connectivity index (χ4n) is 2.45. The van der Waals surface area contributed by atoms with Gasteiger partial charge in [0.2, 0.25) is 0 Å². The molecule has 4 heteroatoms. The van der Waals surface area contributed by atoms with Crippen LogP contribution in [-0.2, 0) is 19.8 Å². The van der Waals surface area contributed by atoms with E-state index in [0.717, 1.165) is 12.0 Å². The summed E-state index contributed by atoms with van der Waals surface area (Å²) in [5, 5.41) is 0. The molecule has 0 N–H and O–H groups in total. The Balaban J connectivity index is 1.91. The van der Waals surface area contributed by atoms with Gasteiger partial charge in [0.15, 0.2) is 0 Å². The van der Waals surface area contributed by atoms with Crippen LogP contribution in [0.4, 0.5) is 0 Å². The molecule has 2 aliphatic heterocycles. The highest BCUT2D eigenvalue weighted by Gasteiger charge is 2.59. The lowest BCUT2D eigenvalue weighted by Crippen LogP contribution is -2.24. The summed E-state index contributed by atoms with van der Waals surface area (Å²) in [4.78, 5) is 11.5. The number of hydrogen-bond donors (Lipinski definition) is 0. The number of epoxide rings is 1. The van der Waals surface area contributed by atoms with Crippen molar-refractivity contribution >= 4 is 5.97 Å². The summed E-state index contributed by atoms with van der Waals surface area (Å²) < 4.78 is 15.8. The second kappa shape index (κ2) is 3.82. The molecular formula is C13H14O4. The zero-order chi connectivity index (χ0) is 11.9. The van der Waals surface area contributed by atoms with Gasteiger partial charge in [0.25, 0.3) is 0 Å². The second-order valence-corrected chi connectivity index (χ2v) is 4.39. The third-order valence-electron chi connectivity index (χ3n) is 3.47. The van der Waals surface area contributed by atoms with E-state index in [1.807, 2.05) is 18.2 Å². The molecule has 2 heterocycles. The molecule has 2 atom stereocenters. The van der Waals surface area contributed by atoms with Crippen LogP contribution in [0.15, 0.2) is 24.3 Å². The van der Waals surface area contributed by atoms with Crippen LogP contribution in [-0.4, -0.2) is 32.4 Å². The van der Waals surface area contributed by atoms with Gasteiger partial charge in [-0.3, -0.25) is 0 Å². The summed E-state index contributed by atoms with van der Waals surface area (Å²) >= 11 is 0. The molecule has 2 saturated heterocycles. The molecule has 90 valence electrons. The maximum atomic E-state index is 11.5. The van der Waals surface area contributed by atoms with Crippen molar-refractivity contribution in [2.24, 2.45) is 0 Å². The van der Waals surface area contributed by atoms with Crippen molar-refractivity contribution in [2.45, 2.75) is 18.1 Å². The molecule has 0 bridgehead atoms. The van der Waals surface area contributed by atoms with Crippen LogP contribution in [0.3, 0.4) is 0 Å². The molecule has 0 radical (unpaired) electrons. The summed E-state index contributed by atoms with van der Waals surface area (Å²) in [6.45, 7) is 1.35. The van der Waals surface area contributed by atoms with Gasteiger partial charge in [-0.2, -0.15) is 0 Å². The highest BCUT2D eigenvalue weighted by Crippen LogP contribution is 2.51. The number of carbonyl (C=O) groups is 1. The van der Waals surface area contributed by atoms with Gasteiger partial charge in [0, 0.05) is 13.0 Å². The van der Waals surface area contributed by atoms with Gasteiger partial charge in [0.1, 0.15) is 11.7 Å². The maximum absolute atomic E-state index is 11.5. The lowest BCUT2D eigenvalue weighted by Gasteiger charge is -2.18. The Hall–Kier alpha value is -1.39. The van der Waals surface area contributed by atoms with E-state index in [1.165, 1.54) is 7.11 Å². The summed E-state index contributed by atoms with van der Waals surface area (Å²) in [6.07, 6.45) is 0.992. The zero-order valence-corrected chi connectivity index (χ0v) is 9.64. The molecule has 2 unspecified atom stereocenters. The Morgan fingerprint density at radius 2 is 2.41 bits per heavy atom. The first kappa shape index (κ1) is 10.7. The quantitative estimate of drug-likeness (QED) is 0.574. The van der Waals surface area contributed by atoms with E-state index in [-0.39, 0.29) is 17.7 Å². The molecule has 3 rings (SSSR count). The number of benzene rings is 1. The normalized spacial score (nSPS) is 30.5. The Morgan fingerprint density at radius 3 is 3.18 bits per heavy atom. The minimum absolute atomic E-state index is 0.143. The van der Waals surface area contributed by atoms with Crippen LogP contribution in [0.2, 0.25) is 0 Å². The third-order valence-corrected chi connectivity index (χ3v) is 3.47. The number of esters is 1. The number of ether oxygens (including phenoxy) is 3. The fourth-order valence-corrected chi connectivity index (χ4v) is 2.45. The van der Waals surface area contributed by atoms with E-state index < -0.39 is 0 Å². The average Bonchev–Trinajstić information content (AvgIpc) is 3.14. The fraction of sp³-hybridized carbons (Fsp3) is 0.462. The molecule has 0 aromatic heterocycles. The number of rotatable bonds is 2. The number of methoxy groups -OCH3 is 1. The molecule has 0 saturated carbocycles. The van der Waals surface area contributed by atoms with Crippen molar-refractivity contribution in [2.75, 3.05) is 20.3 Å². The monoisotopic (exact) mass is 234 g/mol. The highest BCUT2D eigenvalue weighted by molar-refractivity contribution is 5.89. The molecular weight excluding hydrogens is 220 g/mol. The predicted molar refractivity (Wildman–Crippen MR) is 59.8 cm³/mol. The molecule has 17 heavy (non-hydrogen) atoms. The predicted octanol–water partition coefficient (Wildman–Crippen LogP) is 1.49. The molecule has 1 aromatic rings. The Kier molecular flexibility index (Phi) is 2.42. The topological polar surface area (TPSA) is 48.1 Å². The van der Waals surface area contributed by atoms with Crippen molar-refractivity contribution in [1.82, 2.24) is 0 Å². The Labute approximate surface area is 99.5 Å². The van der Waals surface area contributed by atoms with Gasteiger partial charge in [-0.05, 0) is 17.7 Å². The van der Waals surface area contributed by atoms with Crippen LogP contribution >= 0.6 is 0 Å². The number of hydrogen-bond acceptors (Lipinski definition) is 4. The van der Waals surface area contributed by atoms with Gasteiger partial charge < -0.3 is 14.2 Å². The van der Waals surface area contributed by atoms with Gasteiger partial charge >= 0.3 is 5.97 Å². The molecule has 0 aliphatic carbocycles. The minimum Gasteiger partial charge on any atom is -0.465 e. The Morgan fingerprint density at radius 1 is 1.53 bits per heavy atom. The molecule has 2 fully saturated rings. The summed E-state index contributed by atoms with van der Waals surface area (Å²) in [6, 6.07) is 7.47. The first-order valence-electron chi connectivity index (χ1n) is 5.71. The van der Waals surface area contributed by atoms with Gasteiger partial charge in [-0.1, -0.05) is 12.1 Å². The Bertz CT molecular complexity index is 456. The zero-order valence-electron chi connectivity index (χ0n) is 9.64. The summed E-state index contributed by atoms with van der Waals surface area (Å²) in [7, 11) is 1.39. The van der Waals surface area contributed by atoms with Crippen LogP contribution in [0, 0.1) is 0 Å². The first-order valence-corrected chi connectivity index (χ1v) is 5.71. The third kappa shape index (κ3) is 1.64. The molecule has 2 aliphatic rings. The van der Waals surface area contributed by atoms with Gasteiger partial charge in [0.05, 0.1) is 19.3 Å². The van der Waals surface area contributed by atoms with E-state index in [4.69, 9.17) is 14.2 Å². The van der Waals surface area contributed by atoms with Crippen molar-refractivity contribution < 1.29 is 19.0 Å². The maximum Gasteiger partial charge on any atom is 0.337 e. The van der Waals surface area contributed by atoms with Crippen LogP contribution < -0.4 is 0 Å². The van der Waals surface area contributed by atoms with Gasteiger partial charge in [-0.15, -0.1) is 0 Å². The standard InChI is InChI=1S/C13H14O4/c1-15-12(14)9-3-2-4-10(7-9)13-5-6-16-8-11(13)17-13/h2-4,7,11H,5-6,8H2,1H3. The highest BCUT2D eigenvalue weighted by atomic mass is 16.6. The lowest BCUT2D eigenvalue weighted by molar-refractivity contribution is 0.0600. The van der Waals surface area contributed by atoms with Crippen LogP contribution in [0.1, 0.15) is 22.3 Å². The summed E-state index contributed by atoms with van der Waals surface area (Å²) in [5.74, 6) is -0.312. The molecule has 0 amide bonds. The van der Waals surface area contributed by atoms with E-state index in [0.29, 0.717) is 18.8 Å².